The van der Waals surface area contributed by atoms with Gasteiger partial charge in [0.05, 0.1) is 11.6 Å². The number of carbonyl (C=O) groups is 2. The fourth-order valence-electron chi connectivity index (χ4n) is 1.58. The summed E-state index contributed by atoms with van der Waals surface area (Å²) in [4.78, 5) is 28.9. The van der Waals surface area contributed by atoms with E-state index in [9.17, 15) is 9.59 Å². The first-order valence-electron chi connectivity index (χ1n) is 5.55. The minimum absolute atomic E-state index is 0.0155. The average molecular weight is 253 g/mol. The van der Waals surface area contributed by atoms with Gasteiger partial charge in [-0.3, -0.25) is 9.59 Å². The van der Waals surface area contributed by atoms with Gasteiger partial charge in [0, 0.05) is 24.4 Å². The quantitative estimate of drug-likeness (QED) is 0.864. The van der Waals surface area contributed by atoms with Gasteiger partial charge >= 0.3 is 0 Å². The van der Waals surface area contributed by atoms with Crippen molar-refractivity contribution >= 4 is 23.2 Å². The lowest BCUT2D eigenvalue weighted by Gasteiger charge is -2.39. The van der Waals surface area contributed by atoms with Gasteiger partial charge in [-0.15, -0.1) is 11.3 Å². The van der Waals surface area contributed by atoms with E-state index in [1.807, 2.05) is 13.8 Å². The summed E-state index contributed by atoms with van der Waals surface area (Å²) in [6.07, 6.45) is 0. The molecule has 0 atom stereocenters. The number of nitrogens with zero attached hydrogens (tertiary/aromatic N) is 2. The predicted molar refractivity (Wildman–Crippen MR) is 64.8 cm³/mol. The third-order valence-electron chi connectivity index (χ3n) is 2.69. The monoisotopic (exact) mass is 253 g/mol. The number of aromatic nitrogens is 1. The highest BCUT2D eigenvalue weighted by molar-refractivity contribution is 7.07. The number of rotatable bonds is 3. The topological polar surface area (TPSA) is 62.3 Å². The van der Waals surface area contributed by atoms with Crippen molar-refractivity contribution in [3.05, 3.63) is 16.6 Å². The largest absolute Gasteiger partial charge is 0.350 e. The van der Waals surface area contributed by atoms with Crippen molar-refractivity contribution in [1.82, 2.24) is 15.2 Å². The molecule has 92 valence electrons. The van der Waals surface area contributed by atoms with Gasteiger partial charge in [-0.05, 0) is 0 Å². The van der Waals surface area contributed by atoms with Crippen molar-refractivity contribution in [1.29, 1.82) is 0 Å². The fraction of sp³-hybridized carbons (Fsp3) is 0.545. The highest BCUT2D eigenvalue weighted by atomic mass is 32.1. The van der Waals surface area contributed by atoms with Crippen LogP contribution in [0.1, 0.15) is 24.3 Å². The normalized spacial score (nSPS) is 15.8. The Bertz CT molecular complexity index is 410. The van der Waals surface area contributed by atoms with Crippen LogP contribution in [-0.2, 0) is 4.79 Å². The molecule has 2 amide bonds. The second kappa shape index (κ2) is 4.83. The predicted octanol–water partition coefficient (Wildman–Crippen LogP) is 0.740. The first kappa shape index (κ1) is 12.0. The molecule has 0 radical (unpaired) electrons. The lowest BCUT2D eigenvalue weighted by atomic mass is 10.1. The van der Waals surface area contributed by atoms with Crippen LogP contribution in [0.5, 0.6) is 0 Å². The van der Waals surface area contributed by atoms with Crippen molar-refractivity contribution < 1.29 is 9.59 Å². The molecule has 1 aromatic rings. The van der Waals surface area contributed by atoms with Crippen LogP contribution in [0.15, 0.2) is 10.9 Å². The third kappa shape index (κ3) is 2.63. The standard InChI is InChI=1S/C11H15N3O2S/c1-7(2)10(15)13-8-3-14(4-8)11(16)9-5-17-6-12-9/h5-8H,3-4H2,1-2H3,(H,13,15). The lowest BCUT2D eigenvalue weighted by molar-refractivity contribution is -0.125. The van der Waals surface area contributed by atoms with Gasteiger partial charge in [-0.1, -0.05) is 13.8 Å². The van der Waals surface area contributed by atoms with Crippen LogP contribution in [0, 0.1) is 5.92 Å². The fourth-order valence-corrected chi connectivity index (χ4v) is 2.11. The molecular formula is C11H15N3O2S. The Balaban J connectivity index is 1.79. The Morgan fingerprint density at radius 1 is 1.53 bits per heavy atom. The Morgan fingerprint density at radius 2 is 2.24 bits per heavy atom. The molecule has 1 aliphatic heterocycles. The van der Waals surface area contributed by atoms with E-state index in [0.29, 0.717) is 18.8 Å². The van der Waals surface area contributed by atoms with Crippen molar-refractivity contribution in [2.24, 2.45) is 5.92 Å². The molecule has 0 aromatic carbocycles. The van der Waals surface area contributed by atoms with E-state index in [1.165, 1.54) is 11.3 Å². The summed E-state index contributed by atoms with van der Waals surface area (Å²) in [5.41, 5.74) is 2.13. The van der Waals surface area contributed by atoms with Crippen molar-refractivity contribution in [3.63, 3.8) is 0 Å². The van der Waals surface area contributed by atoms with E-state index < -0.39 is 0 Å². The van der Waals surface area contributed by atoms with Crippen LogP contribution >= 0.6 is 11.3 Å². The molecule has 1 saturated heterocycles. The molecule has 1 aliphatic rings. The summed E-state index contributed by atoms with van der Waals surface area (Å²) in [5, 5.41) is 4.63. The number of hydrogen-bond donors (Lipinski definition) is 1. The summed E-state index contributed by atoms with van der Waals surface area (Å²) < 4.78 is 0. The van der Waals surface area contributed by atoms with Gasteiger partial charge < -0.3 is 10.2 Å². The summed E-state index contributed by atoms with van der Waals surface area (Å²) in [5.74, 6) is -0.0321. The minimum Gasteiger partial charge on any atom is -0.350 e. The van der Waals surface area contributed by atoms with Gasteiger partial charge in [0.1, 0.15) is 5.69 Å². The summed E-state index contributed by atoms with van der Waals surface area (Å²) in [7, 11) is 0. The number of hydrogen-bond acceptors (Lipinski definition) is 4. The highest BCUT2D eigenvalue weighted by Crippen LogP contribution is 2.13. The zero-order valence-corrected chi connectivity index (χ0v) is 10.7. The van der Waals surface area contributed by atoms with E-state index in [-0.39, 0.29) is 23.8 Å². The van der Waals surface area contributed by atoms with E-state index in [1.54, 1.807) is 15.8 Å². The maximum atomic E-state index is 11.8. The Labute approximate surface area is 104 Å². The molecule has 1 fully saturated rings. The molecule has 0 spiro atoms. The molecule has 0 bridgehead atoms. The number of carbonyl (C=O) groups excluding carboxylic acids is 2. The second-order valence-corrected chi connectivity index (χ2v) is 5.16. The Morgan fingerprint density at radius 3 is 2.76 bits per heavy atom. The summed E-state index contributed by atoms with van der Waals surface area (Å²) >= 11 is 1.41. The van der Waals surface area contributed by atoms with Crippen LogP contribution in [0.2, 0.25) is 0 Å². The molecule has 0 aliphatic carbocycles. The average Bonchev–Trinajstić information content (AvgIpc) is 2.74. The minimum atomic E-state index is -0.0544. The molecule has 2 heterocycles. The summed E-state index contributed by atoms with van der Waals surface area (Å²) in [6.45, 7) is 4.86. The third-order valence-corrected chi connectivity index (χ3v) is 3.28. The number of amides is 2. The van der Waals surface area contributed by atoms with E-state index in [0.717, 1.165) is 0 Å². The first-order chi connectivity index (χ1) is 8.08. The second-order valence-electron chi connectivity index (χ2n) is 4.44. The zero-order chi connectivity index (χ0) is 12.4. The maximum absolute atomic E-state index is 11.8. The Hall–Kier alpha value is -1.43. The van der Waals surface area contributed by atoms with Crippen LogP contribution in [0.3, 0.4) is 0 Å². The van der Waals surface area contributed by atoms with Gasteiger partial charge in [0.15, 0.2) is 0 Å². The Kier molecular flexibility index (Phi) is 3.42. The molecule has 0 saturated carbocycles. The highest BCUT2D eigenvalue weighted by Gasteiger charge is 2.33. The molecule has 0 unspecified atom stereocenters. The van der Waals surface area contributed by atoms with E-state index in [2.05, 4.69) is 10.3 Å². The SMILES string of the molecule is CC(C)C(=O)NC1CN(C(=O)c2cscn2)C1. The van der Waals surface area contributed by atoms with Crippen LogP contribution < -0.4 is 5.32 Å². The van der Waals surface area contributed by atoms with Crippen molar-refractivity contribution in [2.45, 2.75) is 19.9 Å². The number of likely N-dealkylation sites (tertiary alicyclic amines) is 1. The van der Waals surface area contributed by atoms with Gasteiger partial charge in [0.2, 0.25) is 5.91 Å². The molecule has 5 nitrogen and oxygen atoms in total. The number of nitrogens with one attached hydrogen (secondary N) is 1. The van der Waals surface area contributed by atoms with E-state index in [4.69, 9.17) is 0 Å². The smallest absolute Gasteiger partial charge is 0.273 e. The zero-order valence-electron chi connectivity index (χ0n) is 9.84. The lowest BCUT2D eigenvalue weighted by Crippen LogP contribution is -2.61. The summed E-state index contributed by atoms with van der Waals surface area (Å²) in [6, 6.07) is 0.0903. The van der Waals surface area contributed by atoms with Crippen LogP contribution in [0.25, 0.3) is 0 Å². The first-order valence-corrected chi connectivity index (χ1v) is 6.50. The van der Waals surface area contributed by atoms with Gasteiger partial charge in [-0.25, -0.2) is 4.98 Å². The van der Waals surface area contributed by atoms with Crippen LogP contribution in [0.4, 0.5) is 0 Å². The molecule has 1 N–H and O–H groups in total. The maximum Gasteiger partial charge on any atom is 0.273 e. The van der Waals surface area contributed by atoms with Crippen molar-refractivity contribution in [3.8, 4) is 0 Å². The van der Waals surface area contributed by atoms with E-state index >= 15 is 0 Å². The molecule has 17 heavy (non-hydrogen) atoms. The molecule has 2 rings (SSSR count). The van der Waals surface area contributed by atoms with Gasteiger partial charge in [0.25, 0.3) is 5.91 Å². The molecule has 6 heteroatoms. The van der Waals surface area contributed by atoms with Crippen LogP contribution in [-0.4, -0.2) is 40.8 Å². The number of thiazole rings is 1. The van der Waals surface area contributed by atoms with Crippen molar-refractivity contribution in [2.75, 3.05) is 13.1 Å². The molecular weight excluding hydrogens is 238 g/mol. The van der Waals surface area contributed by atoms with Gasteiger partial charge in [-0.2, -0.15) is 0 Å². The molecule has 1 aromatic heterocycles.